The summed E-state index contributed by atoms with van der Waals surface area (Å²) in [6.45, 7) is 4.80. The number of rotatable bonds is 44. The SMILES string of the molecule is CCCCCCCCCCC/C=C\CCCCCCCCCC(=O)NC(COP(=O)(O)OCC[N+](C)(C)C)C(O)/C=C/CC/C=C/CCCCCCCCCCCC. The summed E-state index contributed by atoms with van der Waals surface area (Å²) in [5.41, 5.74) is 0. The Bertz CT molecular complexity index is 1040. The third-order valence-corrected chi connectivity index (χ3v) is 11.8. The highest BCUT2D eigenvalue weighted by atomic mass is 31.2. The normalized spacial score (nSPS) is 14.5. The Morgan fingerprint density at radius 1 is 0.569 bits per heavy atom. The monoisotopic (exact) mass is 840 g/mol. The van der Waals surface area contributed by atoms with E-state index in [1.807, 2.05) is 27.2 Å². The quantitative estimate of drug-likeness (QED) is 0.0244. The third-order valence-electron chi connectivity index (χ3n) is 10.8. The van der Waals surface area contributed by atoms with Gasteiger partial charge in [-0.25, -0.2) is 4.57 Å². The molecule has 9 heteroatoms. The molecule has 3 atom stereocenters. The van der Waals surface area contributed by atoms with E-state index in [0.717, 1.165) is 38.5 Å². The molecule has 0 aliphatic carbocycles. The predicted octanol–water partition coefficient (Wildman–Crippen LogP) is 13.9. The first-order valence-electron chi connectivity index (χ1n) is 24.4. The third kappa shape index (κ3) is 42.8. The fraction of sp³-hybridized carbons (Fsp3) is 0.857. The lowest BCUT2D eigenvalue weighted by molar-refractivity contribution is -0.870. The Balaban J connectivity index is 4.39. The molecular formula is C49H96N2O6P+. The highest BCUT2D eigenvalue weighted by Crippen LogP contribution is 2.43. The van der Waals surface area contributed by atoms with Crippen molar-refractivity contribution in [2.45, 2.75) is 231 Å². The maximum absolute atomic E-state index is 12.9. The highest BCUT2D eigenvalue weighted by molar-refractivity contribution is 7.47. The molecule has 0 aliphatic rings. The Labute approximate surface area is 359 Å². The molecule has 58 heavy (non-hydrogen) atoms. The molecule has 0 heterocycles. The number of phosphoric acid groups is 1. The largest absolute Gasteiger partial charge is 0.472 e. The number of allylic oxidation sites excluding steroid dienone is 5. The van der Waals surface area contributed by atoms with Gasteiger partial charge in [-0.3, -0.25) is 13.8 Å². The van der Waals surface area contributed by atoms with Crippen LogP contribution in [0.3, 0.4) is 0 Å². The second kappa shape index (κ2) is 41.1. The van der Waals surface area contributed by atoms with Crippen LogP contribution < -0.4 is 5.32 Å². The molecule has 0 aliphatic heterocycles. The first-order chi connectivity index (χ1) is 28.0. The molecule has 3 N–H and O–H groups in total. The van der Waals surface area contributed by atoms with Crippen molar-refractivity contribution in [2.75, 3.05) is 40.9 Å². The fourth-order valence-electron chi connectivity index (χ4n) is 6.93. The van der Waals surface area contributed by atoms with Gasteiger partial charge in [0.1, 0.15) is 13.2 Å². The van der Waals surface area contributed by atoms with Gasteiger partial charge in [-0.2, -0.15) is 0 Å². The maximum atomic E-state index is 12.9. The molecule has 0 saturated heterocycles. The fourth-order valence-corrected chi connectivity index (χ4v) is 7.67. The van der Waals surface area contributed by atoms with Crippen molar-refractivity contribution in [3.05, 3.63) is 36.5 Å². The standard InChI is InChI=1S/C49H95N2O6P/c1-6-8-10-12-14-16-18-20-22-24-25-26-27-29-31-33-35-37-39-41-43-49(53)50-47(46-57-58(54,55)56-45-44-51(3,4)5)48(52)42-40-38-36-34-32-30-28-23-21-19-17-15-13-11-9-7-2/h25-26,32,34,40,42,47-48,52H,6-24,27-31,33,35-39,41,43-46H2,1-5H3,(H-,50,53,54,55)/p+1/b26-25-,34-32+,42-40+. The van der Waals surface area contributed by atoms with Crippen LogP contribution in [0.5, 0.6) is 0 Å². The number of likely N-dealkylation sites (N-methyl/N-ethyl adjacent to an activating group) is 1. The molecule has 0 radical (unpaired) electrons. The van der Waals surface area contributed by atoms with Crippen LogP contribution >= 0.6 is 7.82 Å². The molecule has 1 amide bonds. The average molecular weight is 840 g/mol. The molecule has 3 unspecified atom stereocenters. The minimum atomic E-state index is -4.35. The van der Waals surface area contributed by atoms with Crippen molar-refractivity contribution < 1.29 is 32.9 Å². The van der Waals surface area contributed by atoms with E-state index in [1.165, 1.54) is 161 Å². The highest BCUT2D eigenvalue weighted by Gasteiger charge is 2.27. The van der Waals surface area contributed by atoms with Crippen molar-refractivity contribution >= 4 is 13.7 Å². The number of hydrogen-bond donors (Lipinski definition) is 3. The summed E-state index contributed by atoms with van der Waals surface area (Å²) < 4.78 is 23.6. The number of carbonyl (C=O) groups excluding carboxylic acids is 1. The van der Waals surface area contributed by atoms with Crippen molar-refractivity contribution in [2.24, 2.45) is 0 Å². The van der Waals surface area contributed by atoms with Gasteiger partial charge in [0.25, 0.3) is 0 Å². The topological polar surface area (TPSA) is 105 Å². The number of phosphoric ester groups is 1. The summed E-state index contributed by atoms with van der Waals surface area (Å²) in [6.07, 6.45) is 50.8. The lowest BCUT2D eigenvalue weighted by Crippen LogP contribution is -2.45. The van der Waals surface area contributed by atoms with Gasteiger partial charge >= 0.3 is 7.82 Å². The van der Waals surface area contributed by atoms with Crippen LogP contribution in [0.4, 0.5) is 0 Å². The Morgan fingerprint density at radius 2 is 0.948 bits per heavy atom. The van der Waals surface area contributed by atoms with E-state index >= 15 is 0 Å². The van der Waals surface area contributed by atoms with Crippen molar-refractivity contribution in [1.29, 1.82) is 0 Å². The van der Waals surface area contributed by atoms with Crippen LogP contribution in [0.25, 0.3) is 0 Å². The first-order valence-corrected chi connectivity index (χ1v) is 25.9. The summed E-state index contributed by atoms with van der Waals surface area (Å²) in [5, 5.41) is 13.8. The average Bonchev–Trinajstić information content (AvgIpc) is 3.17. The molecule has 342 valence electrons. The van der Waals surface area contributed by atoms with Gasteiger partial charge < -0.3 is 19.8 Å². The van der Waals surface area contributed by atoms with Crippen molar-refractivity contribution in [1.82, 2.24) is 5.32 Å². The van der Waals surface area contributed by atoms with Crippen molar-refractivity contribution in [3.8, 4) is 0 Å². The number of nitrogens with one attached hydrogen (secondary N) is 1. The molecule has 0 aromatic carbocycles. The minimum Gasteiger partial charge on any atom is -0.387 e. The first kappa shape index (κ1) is 56.7. The lowest BCUT2D eigenvalue weighted by atomic mass is 10.1. The predicted molar refractivity (Wildman–Crippen MR) is 249 cm³/mol. The van der Waals surface area contributed by atoms with E-state index in [1.54, 1.807) is 6.08 Å². The van der Waals surface area contributed by atoms with E-state index in [2.05, 4.69) is 43.5 Å². The van der Waals surface area contributed by atoms with E-state index in [-0.39, 0.29) is 19.1 Å². The van der Waals surface area contributed by atoms with E-state index in [9.17, 15) is 19.4 Å². The molecule has 8 nitrogen and oxygen atoms in total. The van der Waals surface area contributed by atoms with E-state index in [4.69, 9.17) is 9.05 Å². The molecule has 0 fully saturated rings. The summed E-state index contributed by atoms with van der Waals surface area (Å²) in [5.74, 6) is -0.191. The van der Waals surface area contributed by atoms with Gasteiger partial charge in [0.05, 0.1) is 39.9 Å². The second-order valence-electron chi connectivity index (χ2n) is 17.8. The zero-order valence-corrected chi connectivity index (χ0v) is 39.7. The van der Waals surface area contributed by atoms with Gasteiger partial charge in [0.2, 0.25) is 5.91 Å². The van der Waals surface area contributed by atoms with Crippen LogP contribution in [-0.4, -0.2) is 73.4 Å². The summed E-state index contributed by atoms with van der Waals surface area (Å²) in [7, 11) is 1.55. The zero-order valence-electron chi connectivity index (χ0n) is 38.8. The second-order valence-corrected chi connectivity index (χ2v) is 19.3. The van der Waals surface area contributed by atoms with Crippen LogP contribution in [0.2, 0.25) is 0 Å². The maximum Gasteiger partial charge on any atom is 0.472 e. The van der Waals surface area contributed by atoms with Crippen LogP contribution in [0, 0.1) is 0 Å². The number of carbonyl (C=O) groups is 1. The van der Waals surface area contributed by atoms with Crippen LogP contribution in [0.1, 0.15) is 219 Å². The molecule has 0 aromatic heterocycles. The van der Waals surface area contributed by atoms with E-state index in [0.29, 0.717) is 17.4 Å². The van der Waals surface area contributed by atoms with Crippen molar-refractivity contribution in [3.63, 3.8) is 0 Å². The number of quaternary nitrogens is 1. The van der Waals surface area contributed by atoms with Gasteiger partial charge in [0, 0.05) is 6.42 Å². The number of aliphatic hydroxyl groups is 1. The number of unbranched alkanes of at least 4 members (excludes halogenated alkanes) is 27. The number of aliphatic hydroxyl groups excluding tert-OH is 1. The van der Waals surface area contributed by atoms with E-state index < -0.39 is 20.0 Å². The van der Waals surface area contributed by atoms with Crippen LogP contribution in [-0.2, 0) is 18.4 Å². The summed E-state index contributed by atoms with van der Waals surface area (Å²) in [4.78, 5) is 23.2. The number of nitrogens with zero attached hydrogens (tertiary/aromatic N) is 1. The molecule has 0 saturated carbocycles. The van der Waals surface area contributed by atoms with Gasteiger partial charge in [0.15, 0.2) is 0 Å². The summed E-state index contributed by atoms with van der Waals surface area (Å²) >= 11 is 0. The zero-order chi connectivity index (χ0) is 42.8. The molecule has 0 aromatic rings. The Morgan fingerprint density at radius 3 is 1.38 bits per heavy atom. The summed E-state index contributed by atoms with van der Waals surface area (Å²) in [6, 6.07) is -0.864. The lowest BCUT2D eigenvalue weighted by Gasteiger charge is -2.25. The smallest absolute Gasteiger partial charge is 0.387 e. The minimum absolute atomic E-state index is 0.0555. The van der Waals surface area contributed by atoms with Crippen LogP contribution in [0.15, 0.2) is 36.5 Å². The Kier molecular flexibility index (Phi) is 40.2. The molecule has 0 spiro atoms. The van der Waals surface area contributed by atoms with Gasteiger partial charge in [-0.05, 0) is 57.8 Å². The molecular weight excluding hydrogens is 744 g/mol. The van der Waals surface area contributed by atoms with Gasteiger partial charge in [-0.1, -0.05) is 192 Å². The number of amides is 1. The molecule has 0 bridgehead atoms. The van der Waals surface area contributed by atoms with Gasteiger partial charge in [-0.15, -0.1) is 0 Å². The number of hydrogen-bond acceptors (Lipinski definition) is 5. The Hall–Kier alpha value is -1.28. The molecule has 0 rings (SSSR count).